The maximum absolute atomic E-state index is 12.9. The lowest BCUT2D eigenvalue weighted by atomic mass is 9.98. The fourth-order valence-corrected chi connectivity index (χ4v) is 3.96. The molecule has 8 nitrogen and oxygen atoms in total. The van der Waals surface area contributed by atoms with E-state index in [2.05, 4.69) is 15.5 Å². The summed E-state index contributed by atoms with van der Waals surface area (Å²) in [5.41, 5.74) is 0.827. The molecule has 0 unspecified atom stereocenters. The smallest absolute Gasteiger partial charge is 0.306 e. The van der Waals surface area contributed by atoms with Crippen LogP contribution in [0.3, 0.4) is 0 Å². The standard InChI is InChI=1S/C25H35N3O5/c29-23(26-12-7-13-28-14-16-32-17-15-28)18-21-10-5-2-6-11-24(30)33-22(19-27-25(21)31)20-8-3-1-4-9-20/h1-5,8-9,21-22H,6-7,10-19H2,(H,26,29)(H,27,31)/b5-2-/t21-,22-/m0/s1. The number of ether oxygens (including phenoxy) is 2. The van der Waals surface area contributed by atoms with Gasteiger partial charge in [-0.05, 0) is 31.4 Å². The summed E-state index contributed by atoms with van der Waals surface area (Å²) in [6, 6.07) is 9.38. The van der Waals surface area contributed by atoms with E-state index in [4.69, 9.17) is 9.47 Å². The van der Waals surface area contributed by atoms with Crippen LogP contribution < -0.4 is 10.6 Å². The Morgan fingerprint density at radius 2 is 1.91 bits per heavy atom. The predicted molar refractivity (Wildman–Crippen MR) is 124 cm³/mol. The van der Waals surface area contributed by atoms with Gasteiger partial charge in [-0.3, -0.25) is 19.3 Å². The lowest BCUT2D eigenvalue weighted by Crippen LogP contribution is -2.39. The number of allylic oxidation sites excluding steroid dienone is 2. The number of carbonyl (C=O) groups excluding carboxylic acids is 3. The Bertz CT molecular complexity index is 792. The first-order valence-electron chi connectivity index (χ1n) is 11.9. The van der Waals surface area contributed by atoms with Crippen LogP contribution in [0.1, 0.15) is 43.8 Å². The molecule has 2 N–H and O–H groups in total. The number of hydrogen-bond donors (Lipinski definition) is 2. The molecule has 8 heteroatoms. The Hall–Kier alpha value is -2.71. The van der Waals surface area contributed by atoms with E-state index in [-0.39, 0.29) is 37.2 Å². The van der Waals surface area contributed by atoms with Crippen LogP contribution in [0.4, 0.5) is 0 Å². The number of amides is 2. The number of benzene rings is 1. The highest BCUT2D eigenvalue weighted by Crippen LogP contribution is 2.19. The fraction of sp³-hybridized carbons (Fsp3) is 0.560. The Morgan fingerprint density at radius 3 is 2.70 bits per heavy atom. The summed E-state index contributed by atoms with van der Waals surface area (Å²) < 4.78 is 11.0. The third-order valence-electron chi connectivity index (χ3n) is 5.89. The van der Waals surface area contributed by atoms with Crippen LogP contribution in [0, 0.1) is 5.92 Å². The van der Waals surface area contributed by atoms with Crippen molar-refractivity contribution in [1.82, 2.24) is 15.5 Å². The molecule has 2 amide bonds. The van der Waals surface area contributed by atoms with Crippen LogP contribution >= 0.6 is 0 Å². The Balaban J connectivity index is 1.51. The molecule has 33 heavy (non-hydrogen) atoms. The van der Waals surface area contributed by atoms with Crippen LogP contribution in [0.15, 0.2) is 42.5 Å². The minimum Gasteiger partial charge on any atom is -0.456 e. The molecule has 2 atom stereocenters. The van der Waals surface area contributed by atoms with E-state index in [1.807, 2.05) is 42.5 Å². The van der Waals surface area contributed by atoms with E-state index in [9.17, 15) is 14.4 Å². The predicted octanol–water partition coefficient (Wildman–Crippen LogP) is 1.97. The van der Waals surface area contributed by atoms with E-state index in [0.717, 1.165) is 44.8 Å². The van der Waals surface area contributed by atoms with E-state index in [1.54, 1.807) is 0 Å². The molecule has 0 spiro atoms. The van der Waals surface area contributed by atoms with Gasteiger partial charge in [0, 0.05) is 32.5 Å². The number of hydrogen-bond acceptors (Lipinski definition) is 6. The molecule has 0 bridgehead atoms. The van der Waals surface area contributed by atoms with Crippen LogP contribution in [-0.2, 0) is 23.9 Å². The van der Waals surface area contributed by atoms with E-state index >= 15 is 0 Å². The quantitative estimate of drug-likeness (QED) is 0.369. The van der Waals surface area contributed by atoms with Gasteiger partial charge in [-0.2, -0.15) is 0 Å². The van der Waals surface area contributed by atoms with Gasteiger partial charge in [-0.1, -0.05) is 42.5 Å². The maximum Gasteiger partial charge on any atom is 0.306 e. The number of cyclic esters (lactones) is 1. The summed E-state index contributed by atoms with van der Waals surface area (Å²) in [4.78, 5) is 39.9. The molecule has 0 aliphatic carbocycles. The number of rotatable bonds is 7. The summed E-state index contributed by atoms with van der Waals surface area (Å²) in [6.07, 6.45) is 5.47. The lowest BCUT2D eigenvalue weighted by molar-refractivity contribution is -0.150. The van der Waals surface area contributed by atoms with Gasteiger partial charge < -0.3 is 20.1 Å². The second kappa shape index (κ2) is 13.7. The van der Waals surface area contributed by atoms with Crippen molar-refractivity contribution >= 4 is 17.8 Å². The molecule has 0 radical (unpaired) electrons. The number of nitrogens with one attached hydrogen (secondary N) is 2. The maximum atomic E-state index is 12.9. The first kappa shape index (κ1) is 24.9. The van der Waals surface area contributed by atoms with Gasteiger partial charge >= 0.3 is 5.97 Å². The zero-order chi connectivity index (χ0) is 23.3. The average Bonchev–Trinajstić information content (AvgIpc) is 2.83. The van der Waals surface area contributed by atoms with E-state index < -0.39 is 12.0 Å². The van der Waals surface area contributed by atoms with Gasteiger partial charge in [0.2, 0.25) is 11.8 Å². The van der Waals surface area contributed by atoms with Gasteiger partial charge in [0.05, 0.1) is 25.7 Å². The Morgan fingerprint density at radius 1 is 1.12 bits per heavy atom. The van der Waals surface area contributed by atoms with Gasteiger partial charge in [0.25, 0.3) is 0 Å². The normalized spacial score (nSPS) is 24.0. The summed E-state index contributed by atoms with van der Waals surface area (Å²) in [7, 11) is 0. The number of morpholine rings is 1. The van der Waals surface area contributed by atoms with Crippen LogP contribution in [0.5, 0.6) is 0 Å². The summed E-state index contributed by atoms with van der Waals surface area (Å²) in [5, 5.41) is 5.83. The molecule has 2 heterocycles. The SMILES string of the molecule is O=C(C[C@@H]1C/C=C\CCC(=O)O[C@H](c2ccccc2)CNC1=O)NCCCN1CCOCC1. The molecule has 2 aliphatic heterocycles. The summed E-state index contributed by atoms with van der Waals surface area (Å²) >= 11 is 0. The first-order chi connectivity index (χ1) is 16.1. The minimum atomic E-state index is -0.555. The fourth-order valence-electron chi connectivity index (χ4n) is 3.96. The third-order valence-corrected chi connectivity index (χ3v) is 5.89. The highest BCUT2D eigenvalue weighted by Gasteiger charge is 2.24. The van der Waals surface area contributed by atoms with Crippen LogP contribution in [0.2, 0.25) is 0 Å². The first-order valence-corrected chi connectivity index (χ1v) is 11.9. The average molecular weight is 458 g/mol. The zero-order valence-electron chi connectivity index (χ0n) is 19.2. The van der Waals surface area contributed by atoms with Crippen molar-refractivity contribution in [3.05, 3.63) is 48.0 Å². The molecule has 1 aromatic rings. The second-order valence-electron chi connectivity index (χ2n) is 8.44. The molecule has 1 fully saturated rings. The van der Waals surface area contributed by atoms with Gasteiger partial charge in [-0.25, -0.2) is 0 Å². The molecule has 2 aliphatic rings. The number of nitrogens with zero attached hydrogens (tertiary/aromatic N) is 1. The molecule has 180 valence electrons. The number of carbonyl (C=O) groups is 3. The van der Waals surface area contributed by atoms with Gasteiger partial charge in [0.1, 0.15) is 6.10 Å². The largest absolute Gasteiger partial charge is 0.456 e. The van der Waals surface area contributed by atoms with E-state index in [0.29, 0.717) is 19.4 Å². The topological polar surface area (TPSA) is 97.0 Å². The summed E-state index contributed by atoms with van der Waals surface area (Å²) in [5.74, 6) is -1.09. The monoisotopic (exact) mass is 457 g/mol. The molecule has 1 aromatic carbocycles. The van der Waals surface area contributed by atoms with Crippen molar-refractivity contribution in [2.75, 3.05) is 45.9 Å². The zero-order valence-corrected chi connectivity index (χ0v) is 19.2. The summed E-state index contributed by atoms with van der Waals surface area (Å²) in [6.45, 7) is 5.09. The second-order valence-corrected chi connectivity index (χ2v) is 8.44. The molecule has 0 saturated carbocycles. The lowest BCUT2D eigenvalue weighted by Gasteiger charge is -2.26. The van der Waals surface area contributed by atoms with Gasteiger partial charge in [-0.15, -0.1) is 0 Å². The minimum absolute atomic E-state index is 0.122. The van der Waals surface area contributed by atoms with Crippen molar-refractivity contribution in [2.45, 2.75) is 38.2 Å². The Labute approximate surface area is 195 Å². The van der Waals surface area contributed by atoms with E-state index in [1.165, 1.54) is 0 Å². The molecule has 0 aromatic heterocycles. The third kappa shape index (κ3) is 8.98. The molecular weight excluding hydrogens is 422 g/mol. The van der Waals surface area contributed by atoms with Gasteiger partial charge in [0.15, 0.2) is 0 Å². The van der Waals surface area contributed by atoms with Crippen molar-refractivity contribution in [3.8, 4) is 0 Å². The molecular formula is C25H35N3O5. The number of esters is 1. The van der Waals surface area contributed by atoms with Crippen molar-refractivity contribution in [3.63, 3.8) is 0 Å². The van der Waals surface area contributed by atoms with Crippen molar-refractivity contribution in [1.29, 1.82) is 0 Å². The highest BCUT2D eigenvalue weighted by molar-refractivity contribution is 5.86. The molecule has 3 rings (SSSR count). The van der Waals surface area contributed by atoms with Crippen molar-refractivity contribution < 1.29 is 23.9 Å². The van der Waals surface area contributed by atoms with Crippen molar-refractivity contribution in [2.24, 2.45) is 5.92 Å². The highest BCUT2D eigenvalue weighted by atomic mass is 16.5. The van der Waals surface area contributed by atoms with Crippen LogP contribution in [-0.4, -0.2) is 68.6 Å². The van der Waals surface area contributed by atoms with Crippen LogP contribution in [0.25, 0.3) is 0 Å². The Kier molecular flexibility index (Phi) is 10.4. The molecule has 1 saturated heterocycles.